The van der Waals surface area contributed by atoms with E-state index in [2.05, 4.69) is 9.44 Å². The van der Waals surface area contributed by atoms with E-state index in [-0.39, 0.29) is 23.7 Å². The summed E-state index contributed by atoms with van der Waals surface area (Å²) >= 11 is 0. The van der Waals surface area contributed by atoms with E-state index in [0.717, 1.165) is 24.5 Å². The first kappa shape index (κ1) is 15.8. The zero-order valence-corrected chi connectivity index (χ0v) is 11.7. The number of sulfonamides is 2. The third kappa shape index (κ3) is 5.11. The molecule has 1 rings (SSSR count). The average molecular weight is 311 g/mol. The molecule has 0 heterocycles. The molecule has 0 aromatic heterocycles. The summed E-state index contributed by atoms with van der Waals surface area (Å²) in [4.78, 5) is -0.256. The van der Waals surface area contributed by atoms with Crippen molar-refractivity contribution in [2.45, 2.75) is 4.90 Å². The van der Waals surface area contributed by atoms with Gasteiger partial charge in [0.05, 0.1) is 11.9 Å². The predicted octanol–water partition coefficient (Wildman–Crippen LogP) is -0.765. The molecule has 1 aromatic rings. The predicted molar refractivity (Wildman–Crippen MR) is 68.8 cm³/mol. The van der Waals surface area contributed by atoms with Crippen LogP contribution in [0, 0.1) is 5.82 Å². The highest BCUT2D eigenvalue weighted by Gasteiger charge is 2.17. The van der Waals surface area contributed by atoms with Gasteiger partial charge in [0.15, 0.2) is 0 Å². The van der Waals surface area contributed by atoms with Gasteiger partial charge in [0.25, 0.3) is 0 Å². The molecular formula is C9H14FN3O4S2. The van der Waals surface area contributed by atoms with E-state index in [9.17, 15) is 21.2 Å². The second-order valence-corrected chi connectivity index (χ2v) is 7.31. The van der Waals surface area contributed by atoms with Gasteiger partial charge in [-0.2, -0.15) is 0 Å². The molecule has 0 fully saturated rings. The lowest BCUT2D eigenvalue weighted by Crippen LogP contribution is -2.34. The lowest BCUT2D eigenvalue weighted by atomic mass is 10.3. The monoisotopic (exact) mass is 311 g/mol. The third-order valence-corrected chi connectivity index (χ3v) is 4.31. The summed E-state index contributed by atoms with van der Waals surface area (Å²) in [6, 6.07) is 2.90. The lowest BCUT2D eigenvalue weighted by molar-refractivity contribution is 0.573. The molecular weight excluding hydrogens is 297 g/mol. The largest absolute Gasteiger partial charge is 0.398 e. The molecule has 0 aliphatic heterocycles. The molecule has 0 saturated heterocycles. The lowest BCUT2D eigenvalue weighted by Gasteiger charge is -2.09. The number of hydrogen-bond acceptors (Lipinski definition) is 5. The molecule has 0 atom stereocenters. The Bertz CT molecular complexity index is 658. The maximum absolute atomic E-state index is 12.8. The van der Waals surface area contributed by atoms with Gasteiger partial charge in [-0.25, -0.2) is 30.7 Å². The van der Waals surface area contributed by atoms with Crippen LogP contribution in [0.4, 0.5) is 10.1 Å². The number of rotatable bonds is 6. The zero-order chi connectivity index (χ0) is 14.7. The molecule has 0 radical (unpaired) electrons. The van der Waals surface area contributed by atoms with Crippen LogP contribution in [0.1, 0.15) is 0 Å². The molecule has 10 heteroatoms. The second kappa shape index (κ2) is 5.82. The van der Waals surface area contributed by atoms with Crippen LogP contribution >= 0.6 is 0 Å². The molecule has 0 aliphatic carbocycles. The Morgan fingerprint density at radius 2 is 1.74 bits per heavy atom. The minimum absolute atomic E-state index is 0.0981. The Labute approximate surface area is 111 Å². The minimum Gasteiger partial charge on any atom is -0.398 e. The highest BCUT2D eigenvalue weighted by molar-refractivity contribution is 7.89. The fraction of sp³-hybridized carbons (Fsp3) is 0.333. The van der Waals surface area contributed by atoms with Crippen molar-refractivity contribution in [1.82, 2.24) is 9.44 Å². The molecule has 0 amide bonds. The normalized spacial score (nSPS) is 12.5. The van der Waals surface area contributed by atoms with Crippen molar-refractivity contribution in [2.24, 2.45) is 0 Å². The number of benzene rings is 1. The van der Waals surface area contributed by atoms with Gasteiger partial charge in [0.1, 0.15) is 10.7 Å². The number of nitrogens with two attached hydrogens (primary N) is 1. The van der Waals surface area contributed by atoms with E-state index in [0.29, 0.717) is 0 Å². The van der Waals surface area contributed by atoms with Gasteiger partial charge in [-0.3, -0.25) is 0 Å². The SMILES string of the molecule is CS(=O)(=O)NCCNS(=O)(=O)c1ccc(F)cc1N. The summed E-state index contributed by atoms with van der Waals surface area (Å²) in [7, 11) is -7.28. The second-order valence-electron chi connectivity index (χ2n) is 3.75. The van der Waals surface area contributed by atoms with E-state index in [1.165, 1.54) is 0 Å². The highest BCUT2D eigenvalue weighted by atomic mass is 32.2. The van der Waals surface area contributed by atoms with Gasteiger partial charge in [0.2, 0.25) is 20.0 Å². The molecule has 19 heavy (non-hydrogen) atoms. The number of anilines is 1. The van der Waals surface area contributed by atoms with Crippen LogP contribution in [0.2, 0.25) is 0 Å². The van der Waals surface area contributed by atoms with Crippen LogP contribution in [-0.2, 0) is 20.0 Å². The van der Waals surface area contributed by atoms with E-state index < -0.39 is 25.9 Å². The molecule has 1 aromatic carbocycles. The third-order valence-electron chi connectivity index (χ3n) is 2.04. The summed E-state index contributed by atoms with van der Waals surface area (Å²) in [5, 5.41) is 0. The average Bonchev–Trinajstić information content (AvgIpc) is 2.22. The standard InChI is InChI=1S/C9H14FN3O4S2/c1-18(14,15)12-4-5-13-19(16,17)9-3-2-7(10)6-8(9)11/h2-3,6,12-13H,4-5,11H2,1H3. The number of nitrogens with one attached hydrogen (secondary N) is 2. The molecule has 0 saturated carbocycles. The van der Waals surface area contributed by atoms with Crippen molar-refractivity contribution in [3.8, 4) is 0 Å². The topological polar surface area (TPSA) is 118 Å². The summed E-state index contributed by atoms with van der Waals surface area (Å²) in [5.41, 5.74) is 5.19. The molecule has 4 N–H and O–H groups in total. The Hall–Kier alpha value is -1.23. The summed E-state index contributed by atoms with van der Waals surface area (Å²) in [6.07, 6.45) is 0.958. The Balaban J connectivity index is 2.71. The summed E-state index contributed by atoms with van der Waals surface area (Å²) in [6.45, 7) is -0.245. The van der Waals surface area contributed by atoms with Crippen molar-refractivity contribution >= 4 is 25.7 Å². The van der Waals surface area contributed by atoms with Crippen LogP contribution < -0.4 is 15.2 Å². The first-order valence-corrected chi connectivity index (χ1v) is 8.48. The van der Waals surface area contributed by atoms with Gasteiger partial charge >= 0.3 is 0 Å². The fourth-order valence-corrected chi connectivity index (χ4v) is 2.88. The van der Waals surface area contributed by atoms with Crippen molar-refractivity contribution in [3.63, 3.8) is 0 Å². The molecule has 0 aliphatic rings. The highest BCUT2D eigenvalue weighted by Crippen LogP contribution is 2.18. The first-order valence-electron chi connectivity index (χ1n) is 5.11. The van der Waals surface area contributed by atoms with Crippen LogP contribution in [0.25, 0.3) is 0 Å². The minimum atomic E-state index is -3.90. The fourth-order valence-electron chi connectivity index (χ4n) is 1.26. The van der Waals surface area contributed by atoms with Crippen molar-refractivity contribution in [3.05, 3.63) is 24.0 Å². The number of nitrogen functional groups attached to an aromatic ring is 1. The van der Waals surface area contributed by atoms with Gasteiger partial charge in [-0.05, 0) is 18.2 Å². The maximum Gasteiger partial charge on any atom is 0.242 e. The Morgan fingerprint density at radius 3 is 2.26 bits per heavy atom. The van der Waals surface area contributed by atoms with Gasteiger partial charge in [-0.1, -0.05) is 0 Å². The van der Waals surface area contributed by atoms with Gasteiger partial charge in [0, 0.05) is 13.1 Å². The molecule has 108 valence electrons. The van der Waals surface area contributed by atoms with Crippen molar-refractivity contribution in [2.75, 3.05) is 25.1 Å². The van der Waals surface area contributed by atoms with E-state index in [4.69, 9.17) is 5.73 Å². The molecule has 0 unspecified atom stereocenters. The van der Waals surface area contributed by atoms with Crippen LogP contribution in [0.5, 0.6) is 0 Å². The smallest absolute Gasteiger partial charge is 0.242 e. The maximum atomic E-state index is 12.8. The van der Waals surface area contributed by atoms with Gasteiger partial charge < -0.3 is 5.73 Å². The Morgan fingerprint density at radius 1 is 1.16 bits per heavy atom. The quantitative estimate of drug-likeness (QED) is 0.471. The van der Waals surface area contributed by atoms with Crippen LogP contribution in [-0.4, -0.2) is 36.2 Å². The van der Waals surface area contributed by atoms with Gasteiger partial charge in [-0.15, -0.1) is 0 Å². The first-order chi connectivity index (χ1) is 8.62. The van der Waals surface area contributed by atoms with Crippen LogP contribution in [0.15, 0.2) is 23.1 Å². The van der Waals surface area contributed by atoms with Crippen LogP contribution in [0.3, 0.4) is 0 Å². The van der Waals surface area contributed by atoms with E-state index in [1.54, 1.807) is 0 Å². The number of halogens is 1. The van der Waals surface area contributed by atoms with E-state index >= 15 is 0 Å². The molecule has 0 bridgehead atoms. The molecule has 7 nitrogen and oxygen atoms in total. The molecule has 0 spiro atoms. The van der Waals surface area contributed by atoms with Crippen molar-refractivity contribution < 1.29 is 21.2 Å². The number of hydrogen-bond donors (Lipinski definition) is 3. The Kier molecular flexibility index (Phi) is 4.85. The van der Waals surface area contributed by atoms with E-state index in [1.807, 2.05) is 0 Å². The zero-order valence-electron chi connectivity index (χ0n) is 10.1. The van der Waals surface area contributed by atoms with Crippen molar-refractivity contribution in [1.29, 1.82) is 0 Å². The summed E-state index contributed by atoms with van der Waals surface area (Å²) in [5.74, 6) is -0.643. The summed E-state index contributed by atoms with van der Waals surface area (Å²) < 4.78 is 62.2.